The molecule has 3 atom stereocenters. The third kappa shape index (κ3) is 3.67. The quantitative estimate of drug-likeness (QED) is 0.897. The van der Waals surface area contributed by atoms with E-state index in [1.807, 2.05) is 35.2 Å². The van der Waals surface area contributed by atoms with Gasteiger partial charge in [0.2, 0.25) is 5.84 Å². The summed E-state index contributed by atoms with van der Waals surface area (Å²) >= 11 is 0. The standard InChI is InChI=1S/C19H26N4O2/c1-13-8-7-9-14(2)22(12-13)19(25)17-20-15(3)18(24)23(21-17)16-10-5-4-6-11-16/h4-6,10-11,13-15H,7-9,12H2,1-3H3,(H,20,21)/t13-,14+,15+/m1/s1. The molecule has 1 aromatic carbocycles. The topological polar surface area (TPSA) is 65.0 Å². The number of benzene rings is 1. The molecule has 0 unspecified atom stereocenters. The molecule has 134 valence electrons. The number of anilines is 1. The van der Waals surface area contributed by atoms with Crippen molar-refractivity contribution < 1.29 is 9.59 Å². The average Bonchev–Trinajstić information content (AvgIpc) is 2.78. The number of likely N-dealkylation sites (tertiary alicyclic amines) is 1. The van der Waals surface area contributed by atoms with Crippen molar-refractivity contribution in [3.05, 3.63) is 30.3 Å². The van der Waals surface area contributed by atoms with E-state index in [2.05, 4.69) is 24.3 Å². The van der Waals surface area contributed by atoms with E-state index in [-0.39, 0.29) is 23.7 Å². The van der Waals surface area contributed by atoms with Gasteiger partial charge in [0.25, 0.3) is 11.8 Å². The molecule has 0 radical (unpaired) electrons. The van der Waals surface area contributed by atoms with Crippen LogP contribution < -0.4 is 10.4 Å². The molecule has 6 nitrogen and oxygen atoms in total. The molecule has 2 aliphatic rings. The first-order valence-corrected chi connectivity index (χ1v) is 9.02. The summed E-state index contributed by atoms with van der Waals surface area (Å²) in [5, 5.41) is 1.43. The number of hydrogen-bond acceptors (Lipinski definition) is 4. The normalized spacial score (nSPS) is 27.4. The van der Waals surface area contributed by atoms with Crippen LogP contribution in [0.5, 0.6) is 0 Å². The zero-order valence-corrected chi connectivity index (χ0v) is 15.1. The van der Waals surface area contributed by atoms with Crippen molar-refractivity contribution in [2.75, 3.05) is 11.6 Å². The van der Waals surface area contributed by atoms with Crippen molar-refractivity contribution in [2.24, 2.45) is 10.9 Å². The lowest BCUT2D eigenvalue weighted by Crippen LogP contribution is -2.59. The summed E-state index contributed by atoms with van der Waals surface area (Å²) in [6, 6.07) is 8.88. The minimum atomic E-state index is -0.583. The molecule has 6 heteroatoms. The summed E-state index contributed by atoms with van der Waals surface area (Å²) < 4.78 is 0. The Balaban J connectivity index is 1.84. The zero-order valence-electron chi connectivity index (χ0n) is 15.1. The Hall–Kier alpha value is -2.37. The van der Waals surface area contributed by atoms with Gasteiger partial charge in [-0.15, -0.1) is 0 Å². The van der Waals surface area contributed by atoms with Crippen LogP contribution >= 0.6 is 0 Å². The summed E-state index contributed by atoms with van der Waals surface area (Å²) in [5.74, 6) is 0.431. The molecule has 0 bridgehead atoms. The highest BCUT2D eigenvalue weighted by Crippen LogP contribution is 2.22. The van der Waals surface area contributed by atoms with Gasteiger partial charge in [-0.05, 0) is 44.7 Å². The van der Waals surface area contributed by atoms with Crippen LogP contribution in [-0.4, -0.2) is 41.2 Å². The number of aliphatic imine (C=N–C) groups is 1. The number of hydrazine groups is 1. The fourth-order valence-electron chi connectivity index (χ4n) is 3.44. The lowest BCUT2D eigenvalue weighted by molar-refractivity contribution is -0.126. The number of carbonyl (C=O) groups is 2. The molecule has 0 aliphatic carbocycles. The summed E-state index contributed by atoms with van der Waals surface area (Å²) in [6.45, 7) is 6.72. The van der Waals surface area contributed by atoms with Gasteiger partial charge in [-0.3, -0.25) is 15.0 Å². The summed E-state index contributed by atoms with van der Waals surface area (Å²) in [7, 11) is 0. The molecule has 1 saturated heterocycles. The Morgan fingerprint density at radius 1 is 1.16 bits per heavy atom. The number of nitrogens with zero attached hydrogens (tertiary/aromatic N) is 3. The maximum absolute atomic E-state index is 13.1. The molecule has 1 N–H and O–H groups in total. The highest BCUT2D eigenvalue weighted by atomic mass is 16.2. The van der Waals surface area contributed by atoms with E-state index in [4.69, 9.17) is 0 Å². The molecule has 1 aromatic rings. The van der Waals surface area contributed by atoms with Crippen molar-refractivity contribution in [2.45, 2.75) is 52.1 Å². The van der Waals surface area contributed by atoms with Crippen LogP contribution in [-0.2, 0) is 9.59 Å². The highest BCUT2D eigenvalue weighted by Gasteiger charge is 2.34. The monoisotopic (exact) mass is 342 g/mol. The largest absolute Gasteiger partial charge is 0.333 e. The maximum Gasteiger partial charge on any atom is 0.290 e. The maximum atomic E-state index is 13.1. The second kappa shape index (κ2) is 7.25. The predicted molar refractivity (Wildman–Crippen MR) is 98.2 cm³/mol. The molecule has 0 spiro atoms. The third-order valence-corrected chi connectivity index (χ3v) is 4.96. The molecule has 3 rings (SSSR count). The second-order valence-electron chi connectivity index (χ2n) is 7.12. The predicted octanol–water partition coefficient (Wildman–Crippen LogP) is 2.36. The smallest absolute Gasteiger partial charge is 0.290 e. The molecule has 2 amide bonds. The van der Waals surface area contributed by atoms with E-state index >= 15 is 0 Å². The minimum absolute atomic E-state index is 0.124. The van der Waals surface area contributed by atoms with Gasteiger partial charge >= 0.3 is 0 Å². The first-order valence-electron chi connectivity index (χ1n) is 9.02. The van der Waals surface area contributed by atoms with Gasteiger partial charge < -0.3 is 4.90 Å². The Bertz CT molecular complexity index is 673. The average molecular weight is 342 g/mol. The molecular formula is C19H26N4O2. The number of para-hydroxylation sites is 1. The van der Waals surface area contributed by atoms with Crippen molar-refractivity contribution >= 4 is 23.3 Å². The van der Waals surface area contributed by atoms with Gasteiger partial charge in [0.05, 0.1) is 5.69 Å². The number of rotatable bonds is 2. The van der Waals surface area contributed by atoms with Crippen LogP contribution in [0.15, 0.2) is 35.3 Å². The SMILES string of the molecule is C[C@@H]1CCC[C@H](C)N(C(=O)C2=N[C@@H](C)C(=O)N(c3ccccc3)N2)C1. The fourth-order valence-corrected chi connectivity index (χ4v) is 3.44. The highest BCUT2D eigenvalue weighted by molar-refractivity contribution is 6.39. The van der Waals surface area contributed by atoms with Gasteiger partial charge in [-0.2, -0.15) is 0 Å². The van der Waals surface area contributed by atoms with Crippen molar-refractivity contribution in [3.8, 4) is 0 Å². The van der Waals surface area contributed by atoms with E-state index in [1.54, 1.807) is 6.92 Å². The van der Waals surface area contributed by atoms with Crippen LogP contribution in [0.2, 0.25) is 0 Å². The van der Waals surface area contributed by atoms with Gasteiger partial charge in [0.15, 0.2) is 0 Å². The Kier molecular flexibility index (Phi) is 5.06. The minimum Gasteiger partial charge on any atom is -0.333 e. The second-order valence-corrected chi connectivity index (χ2v) is 7.12. The molecule has 0 saturated carbocycles. The van der Waals surface area contributed by atoms with Crippen molar-refractivity contribution in [3.63, 3.8) is 0 Å². The molecule has 25 heavy (non-hydrogen) atoms. The van der Waals surface area contributed by atoms with E-state index in [0.29, 0.717) is 11.6 Å². The third-order valence-electron chi connectivity index (χ3n) is 4.96. The van der Waals surface area contributed by atoms with Crippen LogP contribution in [0.3, 0.4) is 0 Å². The van der Waals surface area contributed by atoms with Crippen LogP contribution in [0, 0.1) is 5.92 Å². The fraction of sp³-hybridized carbons (Fsp3) is 0.526. The van der Waals surface area contributed by atoms with E-state index < -0.39 is 6.04 Å². The molecule has 2 heterocycles. The van der Waals surface area contributed by atoms with E-state index in [0.717, 1.165) is 25.8 Å². The lowest BCUT2D eigenvalue weighted by Gasteiger charge is -2.34. The summed E-state index contributed by atoms with van der Waals surface area (Å²) in [6.07, 6.45) is 3.27. The van der Waals surface area contributed by atoms with Gasteiger partial charge in [-0.25, -0.2) is 10.0 Å². The first kappa shape index (κ1) is 17.5. The number of hydrogen-bond donors (Lipinski definition) is 1. The number of nitrogens with one attached hydrogen (secondary N) is 1. The Morgan fingerprint density at radius 3 is 2.60 bits per heavy atom. The van der Waals surface area contributed by atoms with Crippen molar-refractivity contribution in [1.29, 1.82) is 0 Å². The van der Waals surface area contributed by atoms with Crippen LogP contribution in [0.1, 0.15) is 40.0 Å². The van der Waals surface area contributed by atoms with Gasteiger partial charge in [0.1, 0.15) is 6.04 Å². The first-order chi connectivity index (χ1) is 12.0. The summed E-state index contributed by atoms with van der Waals surface area (Å²) in [5.41, 5.74) is 3.65. The zero-order chi connectivity index (χ0) is 18.0. The number of carbonyl (C=O) groups excluding carboxylic acids is 2. The molecule has 1 fully saturated rings. The van der Waals surface area contributed by atoms with E-state index in [1.165, 1.54) is 5.01 Å². The molecular weight excluding hydrogens is 316 g/mol. The number of amidine groups is 1. The summed E-state index contributed by atoms with van der Waals surface area (Å²) in [4.78, 5) is 31.8. The Morgan fingerprint density at radius 2 is 1.88 bits per heavy atom. The molecule has 2 aliphatic heterocycles. The van der Waals surface area contributed by atoms with Gasteiger partial charge in [0, 0.05) is 12.6 Å². The van der Waals surface area contributed by atoms with Crippen LogP contribution in [0.25, 0.3) is 0 Å². The lowest BCUT2D eigenvalue weighted by atomic mass is 10.1. The molecule has 0 aromatic heterocycles. The number of amides is 2. The van der Waals surface area contributed by atoms with Crippen LogP contribution in [0.4, 0.5) is 5.69 Å². The van der Waals surface area contributed by atoms with E-state index in [9.17, 15) is 9.59 Å². The van der Waals surface area contributed by atoms with Crippen molar-refractivity contribution in [1.82, 2.24) is 10.3 Å². The Labute approximate surface area is 148 Å². The van der Waals surface area contributed by atoms with Gasteiger partial charge in [-0.1, -0.05) is 31.5 Å².